The number of nitrogens with one attached hydrogen (secondary N) is 2. The second kappa shape index (κ2) is 15.8. The summed E-state index contributed by atoms with van der Waals surface area (Å²) in [7, 11) is 0. The smallest absolute Gasteiger partial charge is 0.239 e. The summed E-state index contributed by atoms with van der Waals surface area (Å²) in [6.45, 7) is 14.6. The van der Waals surface area contributed by atoms with E-state index in [1.165, 1.54) is 22.9 Å². The van der Waals surface area contributed by atoms with Crippen molar-refractivity contribution < 1.29 is 4.79 Å². The first kappa shape index (κ1) is 24.6. The number of amides is 1. The Balaban J connectivity index is 3.88. The third-order valence-corrected chi connectivity index (χ3v) is 4.99. The fourth-order valence-corrected chi connectivity index (χ4v) is 3.29. The van der Waals surface area contributed by atoms with Crippen LogP contribution < -0.4 is 10.6 Å². The Kier molecular flexibility index (Phi) is 14.9. The number of carbonyl (C=O) groups excluding carboxylic acids is 1. The number of thioether (sulfide) groups is 1. The van der Waals surface area contributed by atoms with Crippen LogP contribution in [0.25, 0.3) is 0 Å². The van der Waals surface area contributed by atoms with Crippen LogP contribution in [-0.4, -0.2) is 30.0 Å². The lowest BCUT2D eigenvalue weighted by atomic mass is 10.1. The molecule has 0 aliphatic rings. The molecule has 148 valence electrons. The molecule has 1 amide bonds. The Labute approximate surface area is 165 Å². The molecule has 4 heteroatoms. The summed E-state index contributed by atoms with van der Waals surface area (Å²) in [4.78, 5) is 11.6. The predicted octanol–water partition coefficient (Wildman–Crippen LogP) is 5.38. The monoisotopic (exact) mass is 378 g/mol. The molecule has 26 heavy (non-hydrogen) atoms. The van der Waals surface area contributed by atoms with Crippen molar-refractivity contribution in [3.63, 3.8) is 0 Å². The molecule has 0 saturated heterocycles. The van der Waals surface area contributed by atoms with Crippen LogP contribution in [0, 0.1) is 0 Å². The van der Waals surface area contributed by atoms with Gasteiger partial charge in [-0.1, -0.05) is 41.5 Å². The first-order valence-corrected chi connectivity index (χ1v) is 10.7. The van der Waals surface area contributed by atoms with Gasteiger partial charge in [-0.05, 0) is 66.5 Å². The van der Waals surface area contributed by atoms with E-state index >= 15 is 0 Å². The zero-order valence-corrected chi connectivity index (χ0v) is 18.2. The molecule has 0 bridgehead atoms. The van der Waals surface area contributed by atoms with Gasteiger partial charge in [-0.15, -0.1) is 0 Å². The largest absolute Gasteiger partial charge is 0.383 e. The predicted molar refractivity (Wildman–Crippen MR) is 119 cm³/mol. The van der Waals surface area contributed by atoms with E-state index in [9.17, 15) is 4.79 Å². The molecule has 0 aromatic carbocycles. The van der Waals surface area contributed by atoms with E-state index in [0.717, 1.165) is 37.2 Å². The first-order chi connectivity index (χ1) is 12.3. The molecule has 1 unspecified atom stereocenters. The van der Waals surface area contributed by atoms with Gasteiger partial charge < -0.3 is 10.6 Å². The zero-order chi connectivity index (χ0) is 19.8. The minimum atomic E-state index is 0.0106. The lowest BCUT2D eigenvalue weighted by Crippen LogP contribution is -2.39. The normalized spacial score (nSPS) is 13.1. The van der Waals surface area contributed by atoms with Gasteiger partial charge in [-0.3, -0.25) is 4.79 Å². The minimum Gasteiger partial charge on any atom is -0.383 e. The molecule has 2 N–H and O–H groups in total. The molecule has 0 fully saturated rings. The Morgan fingerprint density at radius 2 is 1.65 bits per heavy atom. The number of hydrogen-bond donors (Lipinski definition) is 2. The van der Waals surface area contributed by atoms with Crippen LogP contribution in [0.2, 0.25) is 0 Å². The lowest BCUT2D eigenvalue weighted by Gasteiger charge is -2.13. The highest BCUT2D eigenvalue weighted by molar-refractivity contribution is 7.99. The Morgan fingerprint density at radius 3 is 2.27 bits per heavy atom. The number of carbonyl (C=O) groups is 1. The molecule has 0 radical (unpaired) electrons. The van der Waals surface area contributed by atoms with Crippen molar-refractivity contribution in [2.45, 2.75) is 66.3 Å². The molecular formula is C22H38N2OS. The summed E-state index contributed by atoms with van der Waals surface area (Å²) in [6, 6.07) is 0.180. The van der Waals surface area contributed by atoms with Crippen molar-refractivity contribution in [2.75, 3.05) is 18.1 Å². The second-order valence-electron chi connectivity index (χ2n) is 7.05. The van der Waals surface area contributed by atoms with Crippen molar-refractivity contribution in [1.29, 1.82) is 0 Å². The van der Waals surface area contributed by atoms with Crippen molar-refractivity contribution in [3.8, 4) is 0 Å². The van der Waals surface area contributed by atoms with Gasteiger partial charge in [0.2, 0.25) is 5.91 Å². The van der Waals surface area contributed by atoms with E-state index in [0.29, 0.717) is 6.54 Å². The quantitative estimate of drug-likeness (QED) is 0.315. The molecule has 0 aliphatic carbocycles. The fourth-order valence-electron chi connectivity index (χ4n) is 2.32. The molecule has 0 rings (SSSR count). The Bertz CT molecular complexity index is 502. The highest BCUT2D eigenvalue weighted by Gasteiger charge is 2.05. The molecule has 0 saturated carbocycles. The highest BCUT2D eigenvalue weighted by Crippen LogP contribution is 2.12. The van der Waals surface area contributed by atoms with Gasteiger partial charge in [0.1, 0.15) is 0 Å². The second-order valence-corrected chi connectivity index (χ2v) is 8.13. The van der Waals surface area contributed by atoms with Crippen LogP contribution >= 0.6 is 11.8 Å². The first-order valence-electron chi connectivity index (χ1n) is 9.51. The van der Waals surface area contributed by atoms with E-state index in [1.54, 1.807) is 0 Å². The maximum Gasteiger partial charge on any atom is 0.239 e. The molecule has 3 nitrogen and oxygen atoms in total. The topological polar surface area (TPSA) is 41.1 Å². The van der Waals surface area contributed by atoms with Gasteiger partial charge in [0.25, 0.3) is 0 Å². The van der Waals surface area contributed by atoms with Crippen molar-refractivity contribution in [3.05, 3.63) is 47.7 Å². The maximum absolute atomic E-state index is 11.6. The molecule has 0 spiro atoms. The van der Waals surface area contributed by atoms with E-state index < -0.39 is 0 Å². The zero-order valence-electron chi connectivity index (χ0n) is 17.4. The highest BCUT2D eigenvalue weighted by atomic mass is 32.2. The van der Waals surface area contributed by atoms with Gasteiger partial charge in [0.15, 0.2) is 0 Å². The molecule has 0 aromatic heterocycles. The summed E-state index contributed by atoms with van der Waals surface area (Å²) in [5.41, 5.74) is 4.33. The summed E-state index contributed by atoms with van der Waals surface area (Å²) in [6.07, 6.45) is 13.1. The summed E-state index contributed by atoms with van der Waals surface area (Å²) in [5.74, 6) is 1.93. The molecule has 0 aromatic rings. The molecule has 0 heterocycles. The maximum atomic E-state index is 11.6. The Hall–Kier alpha value is -1.42. The fraction of sp³-hybridized carbons (Fsp3) is 0.591. The summed E-state index contributed by atoms with van der Waals surface area (Å²) >= 11 is 1.86. The van der Waals surface area contributed by atoms with Crippen molar-refractivity contribution >= 4 is 17.7 Å². The summed E-state index contributed by atoms with van der Waals surface area (Å²) < 4.78 is 0. The SMILES string of the molecule is C=CNCC(=O)NC(C)CSC/C=C(\C)CC/C=C(\C)CCC=C(C)C. The molecular weight excluding hydrogens is 340 g/mol. The number of allylic oxidation sites excluding steroid dienone is 5. The third-order valence-electron chi connectivity index (χ3n) is 3.85. The van der Waals surface area contributed by atoms with E-state index in [-0.39, 0.29) is 11.9 Å². The average Bonchev–Trinajstić information content (AvgIpc) is 2.56. The number of hydrogen-bond acceptors (Lipinski definition) is 3. The van der Waals surface area contributed by atoms with Crippen LogP contribution in [0.3, 0.4) is 0 Å². The average molecular weight is 379 g/mol. The lowest BCUT2D eigenvalue weighted by molar-refractivity contribution is -0.120. The summed E-state index contributed by atoms with van der Waals surface area (Å²) in [5, 5.41) is 5.78. The standard InChI is InChI=1S/C22H38N2OS/c1-7-23-16-22(25)24-21(6)17-26-15-14-20(5)13-9-12-19(4)11-8-10-18(2)3/h7,10,12,14,21,23H,1,8-9,11,13,15-17H2,2-6H3,(H,24,25)/b19-12+,20-14+. The Morgan fingerprint density at radius 1 is 1.04 bits per heavy atom. The van der Waals surface area contributed by atoms with Crippen LogP contribution in [0.5, 0.6) is 0 Å². The number of rotatable bonds is 14. The third kappa shape index (κ3) is 16.1. The molecule has 0 aliphatic heterocycles. The van der Waals surface area contributed by atoms with Gasteiger partial charge in [0, 0.05) is 17.5 Å². The van der Waals surface area contributed by atoms with Crippen molar-refractivity contribution in [2.24, 2.45) is 0 Å². The minimum absolute atomic E-state index is 0.0106. The van der Waals surface area contributed by atoms with Gasteiger partial charge >= 0.3 is 0 Å². The van der Waals surface area contributed by atoms with Crippen molar-refractivity contribution in [1.82, 2.24) is 10.6 Å². The van der Waals surface area contributed by atoms with Crippen LogP contribution in [-0.2, 0) is 4.79 Å². The van der Waals surface area contributed by atoms with E-state index in [1.807, 2.05) is 18.7 Å². The van der Waals surface area contributed by atoms with Gasteiger partial charge in [-0.2, -0.15) is 11.8 Å². The van der Waals surface area contributed by atoms with Gasteiger partial charge in [-0.25, -0.2) is 0 Å². The van der Waals surface area contributed by atoms with Crippen LogP contribution in [0.4, 0.5) is 0 Å². The van der Waals surface area contributed by atoms with E-state index in [2.05, 4.69) is 63.1 Å². The van der Waals surface area contributed by atoms with Crippen LogP contribution in [0.1, 0.15) is 60.3 Å². The van der Waals surface area contributed by atoms with E-state index in [4.69, 9.17) is 0 Å². The molecule has 1 atom stereocenters. The van der Waals surface area contributed by atoms with Gasteiger partial charge in [0.05, 0.1) is 6.54 Å². The van der Waals surface area contributed by atoms with Crippen LogP contribution in [0.15, 0.2) is 47.7 Å².